The molecule has 31 heavy (non-hydrogen) atoms. The fourth-order valence-corrected chi connectivity index (χ4v) is 4.24. The first-order valence-corrected chi connectivity index (χ1v) is 10.7. The fraction of sp³-hybridized carbons (Fsp3) is 0.273. The molecule has 1 atom stereocenters. The molecule has 1 unspecified atom stereocenters. The number of anilines is 1. The molecule has 0 aromatic heterocycles. The normalized spacial score (nSPS) is 16.2. The standard InChI is InChI=1S/C22H23ClN4O3S/c1-4-25(5-2)21(28)19-14(3)26(16-9-7-6-8-10-16)22(31)24-20(19)15-11-12-17(23)18(13-15)27(29)30/h6-13,20H,4-5H2,1-3H3,(H,24,31). The molecule has 1 amide bonds. The van der Waals surface area contributed by atoms with E-state index in [1.165, 1.54) is 12.1 Å². The number of hydrogen-bond acceptors (Lipinski definition) is 4. The van der Waals surface area contributed by atoms with E-state index >= 15 is 0 Å². The van der Waals surface area contributed by atoms with Crippen molar-refractivity contribution in [1.29, 1.82) is 0 Å². The Morgan fingerprint density at radius 3 is 2.45 bits per heavy atom. The minimum Gasteiger partial charge on any atom is -0.351 e. The van der Waals surface area contributed by atoms with Gasteiger partial charge in [-0.1, -0.05) is 35.9 Å². The zero-order valence-electron chi connectivity index (χ0n) is 17.5. The molecular weight excluding hydrogens is 436 g/mol. The molecule has 0 bridgehead atoms. The van der Waals surface area contributed by atoms with E-state index in [-0.39, 0.29) is 16.6 Å². The molecular formula is C22H23ClN4O3S. The SMILES string of the molecule is CCN(CC)C(=O)C1=C(C)N(c2ccccc2)C(=S)NC1c1ccc(Cl)c([N+](=O)[O-])c1. The van der Waals surface area contributed by atoms with Gasteiger partial charge in [-0.2, -0.15) is 0 Å². The number of nitrogens with zero attached hydrogens (tertiary/aromatic N) is 3. The third kappa shape index (κ3) is 4.40. The van der Waals surface area contributed by atoms with Crippen LogP contribution in [0.25, 0.3) is 0 Å². The van der Waals surface area contributed by atoms with Gasteiger partial charge in [0, 0.05) is 30.5 Å². The number of thiocarbonyl (C=S) groups is 1. The van der Waals surface area contributed by atoms with Crippen molar-refractivity contribution >= 4 is 46.2 Å². The van der Waals surface area contributed by atoms with Crippen LogP contribution in [0.15, 0.2) is 59.8 Å². The molecule has 1 heterocycles. The number of allylic oxidation sites excluding steroid dienone is 1. The Bertz CT molecular complexity index is 1050. The number of carbonyl (C=O) groups is 1. The van der Waals surface area contributed by atoms with Crippen LogP contribution < -0.4 is 10.2 Å². The summed E-state index contributed by atoms with van der Waals surface area (Å²) in [4.78, 5) is 27.9. The van der Waals surface area contributed by atoms with E-state index in [1.54, 1.807) is 11.0 Å². The average Bonchev–Trinajstić information content (AvgIpc) is 2.75. The third-order valence-corrected chi connectivity index (χ3v) is 5.90. The summed E-state index contributed by atoms with van der Waals surface area (Å²) in [5, 5.41) is 15.1. The molecule has 0 spiro atoms. The number of para-hydroxylation sites is 1. The number of carbonyl (C=O) groups excluding carboxylic acids is 1. The van der Waals surface area contributed by atoms with Crippen LogP contribution in [0.3, 0.4) is 0 Å². The highest BCUT2D eigenvalue weighted by atomic mass is 35.5. The minimum atomic E-state index is -0.642. The molecule has 0 saturated carbocycles. The lowest BCUT2D eigenvalue weighted by Gasteiger charge is -2.39. The van der Waals surface area contributed by atoms with Crippen molar-refractivity contribution in [2.24, 2.45) is 0 Å². The predicted molar refractivity (Wildman–Crippen MR) is 126 cm³/mol. The van der Waals surface area contributed by atoms with Crippen LogP contribution in [0, 0.1) is 10.1 Å². The Morgan fingerprint density at radius 1 is 1.23 bits per heavy atom. The van der Waals surface area contributed by atoms with Crippen LogP contribution in [-0.2, 0) is 4.79 Å². The highest BCUT2D eigenvalue weighted by Gasteiger charge is 2.36. The smallest absolute Gasteiger partial charge is 0.288 e. The van der Waals surface area contributed by atoms with Gasteiger partial charge in [-0.05, 0) is 56.8 Å². The number of likely N-dealkylation sites (N-methyl/N-ethyl adjacent to an activating group) is 1. The monoisotopic (exact) mass is 458 g/mol. The predicted octanol–water partition coefficient (Wildman–Crippen LogP) is 4.83. The average molecular weight is 459 g/mol. The maximum atomic E-state index is 13.5. The molecule has 7 nitrogen and oxygen atoms in total. The fourth-order valence-electron chi connectivity index (χ4n) is 3.69. The lowest BCUT2D eigenvalue weighted by molar-refractivity contribution is -0.384. The van der Waals surface area contributed by atoms with Gasteiger partial charge in [0.05, 0.1) is 16.5 Å². The van der Waals surface area contributed by atoms with E-state index in [0.717, 1.165) is 5.69 Å². The van der Waals surface area contributed by atoms with Crippen LogP contribution >= 0.6 is 23.8 Å². The van der Waals surface area contributed by atoms with Gasteiger partial charge in [-0.25, -0.2) is 0 Å². The van der Waals surface area contributed by atoms with Gasteiger partial charge < -0.3 is 10.2 Å². The zero-order valence-corrected chi connectivity index (χ0v) is 19.0. The molecule has 0 aliphatic carbocycles. The van der Waals surface area contributed by atoms with E-state index in [0.29, 0.717) is 35.0 Å². The number of amides is 1. The summed E-state index contributed by atoms with van der Waals surface area (Å²) in [6.07, 6.45) is 0. The molecule has 162 valence electrons. The van der Waals surface area contributed by atoms with E-state index in [2.05, 4.69) is 5.32 Å². The van der Waals surface area contributed by atoms with Crippen molar-refractivity contribution in [3.8, 4) is 0 Å². The number of hydrogen-bond donors (Lipinski definition) is 1. The Labute approximate surface area is 191 Å². The molecule has 9 heteroatoms. The number of nitro groups is 1. The molecule has 0 saturated heterocycles. The van der Waals surface area contributed by atoms with Crippen molar-refractivity contribution in [2.75, 3.05) is 18.0 Å². The lowest BCUT2D eigenvalue weighted by atomic mass is 9.93. The molecule has 3 rings (SSSR count). The minimum absolute atomic E-state index is 0.0374. The van der Waals surface area contributed by atoms with Crippen LogP contribution in [0.4, 0.5) is 11.4 Å². The second-order valence-electron chi connectivity index (χ2n) is 7.00. The Kier molecular flexibility index (Phi) is 6.92. The third-order valence-electron chi connectivity index (χ3n) is 5.28. The van der Waals surface area contributed by atoms with Gasteiger partial charge in [-0.15, -0.1) is 0 Å². The van der Waals surface area contributed by atoms with E-state index in [9.17, 15) is 14.9 Å². The van der Waals surface area contributed by atoms with E-state index < -0.39 is 11.0 Å². The van der Waals surface area contributed by atoms with Crippen molar-refractivity contribution in [3.63, 3.8) is 0 Å². The summed E-state index contributed by atoms with van der Waals surface area (Å²) in [6, 6.07) is 13.4. The summed E-state index contributed by atoms with van der Waals surface area (Å²) < 4.78 is 0. The van der Waals surface area contributed by atoms with Crippen LogP contribution in [-0.4, -0.2) is 33.9 Å². The van der Waals surface area contributed by atoms with Gasteiger partial charge in [0.15, 0.2) is 5.11 Å². The molecule has 1 aliphatic rings. The van der Waals surface area contributed by atoms with E-state index in [1.807, 2.05) is 56.0 Å². The molecule has 2 aromatic carbocycles. The van der Waals surface area contributed by atoms with Crippen molar-refractivity contribution in [2.45, 2.75) is 26.8 Å². The molecule has 1 N–H and O–H groups in total. The molecule has 1 aliphatic heterocycles. The van der Waals surface area contributed by atoms with Crippen LogP contribution in [0.5, 0.6) is 0 Å². The molecule has 0 radical (unpaired) electrons. The summed E-state index contributed by atoms with van der Waals surface area (Å²) in [5.74, 6) is -0.152. The number of rotatable bonds is 6. The lowest BCUT2D eigenvalue weighted by Crippen LogP contribution is -2.50. The first-order valence-electron chi connectivity index (χ1n) is 9.89. The Morgan fingerprint density at radius 2 is 1.87 bits per heavy atom. The highest BCUT2D eigenvalue weighted by molar-refractivity contribution is 7.80. The summed E-state index contributed by atoms with van der Waals surface area (Å²) in [6.45, 7) is 6.74. The Balaban J connectivity index is 2.20. The largest absolute Gasteiger partial charge is 0.351 e. The first kappa shape index (κ1) is 22.7. The summed E-state index contributed by atoms with van der Waals surface area (Å²) >= 11 is 11.6. The molecule has 2 aromatic rings. The van der Waals surface area contributed by atoms with Gasteiger partial charge in [-0.3, -0.25) is 19.8 Å². The van der Waals surface area contributed by atoms with Crippen molar-refractivity contribution in [1.82, 2.24) is 10.2 Å². The van der Waals surface area contributed by atoms with Gasteiger partial charge >= 0.3 is 0 Å². The van der Waals surface area contributed by atoms with Crippen molar-refractivity contribution < 1.29 is 9.72 Å². The first-order chi connectivity index (χ1) is 14.8. The van der Waals surface area contributed by atoms with Gasteiger partial charge in [0.1, 0.15) is 5.02 Å². The van der Waals surface area contributed by atoms with E-state index in [4.69, 9.17) is 23.8 Å². The summed E-state index contributed by atoms with van der Waals surface area (Å²) in [5.41, 5.74) is 2.31. The Hall–Kier alpha value is -2.97. The second-order valence-corrected chi connectivity index (χ2v) is 7.79. The van der Waals surface area contributed by atoms with Crippen molar-refractivity contribution in [3.05, 3.63) is 80.5 Å². The maximum Gasteiger partial charge on any atom is 0.288 e. The topological polar surface area (TPSA) is 78.7 Å². The molecule has 0 fully saturated rings. The van der Waals surface area contributed by atoms with Gasteiger partial charge in [0.2, 0.25) is 0 Å². The van der Waals surface area contributed by atoms with Crippen LogP contribution in [0.2, 0.25) is 5.02 Å². The maximum absolute atomic E-state index is 13.5. The highest BCUT2D eigenvalue weighted by Crippen LogP contribution is 2.37. The summed E-state index contributed by atoms with van der Waals surface area (Å²) in [7, 11) is 0. The number of nitrogens with one attached hydrogen (secondary N) is 1. The zero-order chi connectivity index (χ0) is 22.7. The number of halogens is 1. The number of benzene rings is 2. The van der Waals surface area contributed by atoms with Gasteiger partial charge in [0.25, 0.3) is 11.6 Å². The number of nitro benzene ring substituents is 1. The van der Waals surface area contributed by atoms with Crippen LogP contribution in [0.1, 0.15) is 32.4 Å². The quantitative estimate of drug-likeness (QED) is 0.379. The second kappa shape index (κ2) is 9.45.